The molecule has 1 fully saturated rings. The zero-order valence-electron chi connectivity index (χ0n) is 13.7. The number of aliphatic imine (C=N–C) groups is 1. The summed E-state index contributed by atoms with van der Waals surface area (Å²) in [5.41, 5.74) is 4.86. The summed E-state index contributed by atoms with van der Waals surface area (Å²) in [6.07, 6.45) is -3.41. The van der Waals surface area contributed by atoms with E-state index in [4.69, 9.17) is 10.5 Å². The van der Waals surface area contributed by atoms with Crippen molar-refractivity contribution in [2.24, 2.45) is 10.7 Å². The molecule has 3 N–H and O–H groups in total. The van der Waals surface area contributed by atoms with Crippen LogP contribution in [0.2, 0.25) is 0 Å². The van der Waals surface area contributed by atoms with Gasteiger partial charge in [0.2, 0.25) is 0 Å². The SMILES string of the molecule is CCOC(=O)N1CCC(NC(N)=NCc2nc(C(F)(F)F)cs2)CC1. The maximum Gasteiger partial charge on any atom is 0.434 e. The number of ether oxygens (including phenoxy) is 1. The minimum absolute atomic E-state index is 0.0126. The number of carbonyl (C=O) groups is 1. The lowest BCUT2D eigenvalue weighted by Crippen LogP contribution is -2.48. The maximum absolute atomic E-state index is 12.5. The highest BCUT2D eigenvalue weighted by atomic mass is 32.1. The van der Waals surface area contributed by atoms with Gasteiger partial charge in [0, 0.05) is 24.5 Å². The first-order valence-corrected chi connectivity index (χ1v) is 8.67. The first-order chi connectivity index (χ1) is 11.8. The van der Waals surface area contributed by atoms with Crippen molar-refractivity contribution in [2.75, 3.05) is 19.7 Å². The van der Waals surface area contributed by atoms with Gasteiger partial charge in [-0.15, -0.1) is 11.3 Å². The van der Waals surface area contributed by atoms with Crippen LogP contribution in [-0.4, -0.2) is 47.7 Å². The Morgan fingerprint density at radius 3 is 2.76 bits per heavy atom. The van der Waals surface area contributed by atoms with Crippen molar-refractivity contribution in [3.05, 3.63) is 16.1 Å². The van der Waals surface area contributed by atoms with E-state index < -0.39 is 11.9 Å². The number of halogens is 3. The quantitative estimate of drug-likeness (QED) is 0.618. The number of piperidine rings is 1. The van der Waals surface area contributed by atoms with Crippen molar-refractivity contribution in [1.82, 2.24) is 15.2 Å². The average Bonchev–Trinajstić information content (AvgIpc) is 3.03. The number of nitrogens with zero attached hydrogens (tertiary/aromatic N) is 3. The number of rotatable bonds is 4. The van der Waals surface area contributed by atoms with E-state index in [2.05, 4.69) is 15.3 Å². The number of hydrogen-bond donors (Lipinski definition) is 2. The fraction of sp³-hybridized carbons (Fsp3) is 0.643. The molecule has 1 amide bonds. The number of nitrogens with one attached hydrogen (secondary N) is 1. The summed E-state index contributed by atoms with van der Waals surface area (Å²) >= 11 is 0.893. The molecule has 0 unspecified atom stereocenters. The average molecular weight is 379 g/mol. The summed E-state index contributed by atoms with van der Waals surface area (Å²) in [5.74, 6) is 0.151. The molecule has 1 aliphatic rings. The van der Waals surface area contributed by atoms with Gasteiger partial charge in [-0.3, -0.25) is 0 Å². The van der Waals surface area contributed by atoms with E-state index in [-0.39, 0.29) is 29.6 Å². The second kappa shape index (κ2) is 8.37. The lowest BCUT2D eigenvalue weighted by molar-refractivity contribution is -0.140. The van der Waals surface area contributed by atoms with Crippen LogP contribution in [0.5, 0.6) is 0 Å². The predicted molar refractivity (Wildman–Crippen MR) is 87.2 cm³/mol. The number of hydrogen-bond acceptors (Lipinski definition) is 5. The molecule has 0 bridgehead atoms. The third-order valence-electron chi connectivity index (χ3n) is 3.60. The van der Waals surface area contributed by atoms with Crippen LogP contribution in [0.1, 0.15) is 30.5 Å². The number of likely N-dealkylation sites (tertiary alicyclic amines) is 1. The zero-order valence-corrected chi connectivity index (χ0v) is 14.5. The molecule has 11 heteroatoms. The van der Waals surface area contributed by atoms with E-state index in [0.29, 0.717) is 32.5 Å². The minimum atomic E-state index is -4.45. The fourth-order valence-corrected chi connectivity index (χ4v) is 3.07. The third kappa shape index (κ3) is 5.76. The van der Waals surface area contributed by atoms with Gasteiger partial charge in [0.1, 0.15) is 5.01 Å². The summed E-state index contributed by atoms with van der Waals surface area (Å²) < 4.78 is 42.4. The number of aromatic nitrogens is 1. The van der Waals surface area contributed by atoms with Crippen molar-refractivity contribution in [2.45, 2.75) is 38.5 Å². The Morgan fingerprint density at radius 1 is 1.52 bits per heavy atom. The number of alkyl halides is 3. The Morgan fingerprint density at radius 2 is 2.20 bits per heavy atom. The summed E-state index contributed by atoms with van der Waals surface area (Å²) in [6, 6.07) is 0.0523. The maximum atomic E-state index is 12.5. The molecule has 2 heterocycles. The summed E-state index contributed by atoms with van der Waals surface area (Å²) in [7, 11) is 0. The highest BCUT2D eigenvalue weighted by molar-refractivity contribution is 7.09. The van der Waals surface area contributed by atoms with Gasteiger partial charge in [-0.2, -0.15) is 13.2 Å². The van der Waals surface area contributed by atoms with Crippen LogP contribution in [0.25, 0.3) is 0 Å². The van der Waals surface area contributed by atoms with Crippen LogP contribution in [0.4, 0.5) is 18.0 Å². The van der Waals surface area contributed by atoms with Crippen molar-refractivity contribution in [3.8, 4) is 0 Å². The van der Waals surface area contributed by atoms with E-state index in [0.717, 1.165) is 16.7 Å². The van der Waals surface area contributed by atoms with E-state index in [1.807, 2.05) is 0 Å². The van der Waals surface area contributed by atoms with E-state index >= 15 is 0 Å². The van der Waals surface area contributed by atoms with Crippen molar-refractivity contribution in [1.29, 1.82) is 0 Å². The second-order valence-corrected chi connectivity index (χ2v) is 6.37. The van der Waals surface area contributed by atoms with Crippen molar-refractivity contribution in [3.63, 3.8) is 0 Å². The standard InChI is InChI=1S/C14H20F3N5O2S/c1-2-24-13(23)22-5-3-9(4-6-22)20-12(18)19-7-11-21-10(8-25-11)14(15,16)17/h8-9H,2-7H2,1H3,(H3,18,19,20). The Bertz CT molecular complexity index is 612. The molecule has 0 spiro atoms. The predicted octanol–water partition coefficient (Wildman–Crippen LogP) is 2.19. The van der Waals surface area contributed by atoms with Gasteiger partial charge in [0.15, 0.2) is 11.7 Å². The Balaban J connectivity index is 1.78. The van der Waals surface area contributed by atoms with Crippen LogP contribution in [0.15, 0.2) is 10.4 Å². The molecule has 2 rings (SSSR count). The molecular formula is C14H20F3N5O2S. The van der Waals surface area contributed by atoms with Crippen LogP contribution < -0.4 is 11.1 Å². The Hall–Kier alpha value is -2.04. The molecular weight excluding hydrogens is 359 g/mol. The number of amides is 1. The molecule has 1 aliphatic heterocycles. The molecule has 0 aromatic carbocycles. The van der Waals surface area contributed by atoms with E-state index in [9.17, 15) is 18.0 Å². The topological polar surface area (TPSA) is 92.8 Å². The molecule has 1 aromatic rings. The number of carbonyl (C=O) groups excluding carboxylic acids is 1. The van der Waals surface area contributed by atoms with Gasteiger partial charge >= 0.3 is 12.3 Å². The molecule has 0 radical (unpaired) electrons. The second-order valence-electron chi connectivity index (χ2n) is 5.43. The van der Waals surface area contributed by atoms with Crippen LogP contribution in [0, 0.1) is 0 Å². The van der Waals surface area contributed by atoms with Crippen LogP contribution >= 0.6 is 11.3 Å². The Labute approximate surface area is 147 Å². The normalized spacial score (nSPS) is 16.8. The van der Waals surface area contributed by atoms with Gasteiger partial charge in [-0.25, -0.2) is 14.8 Å². The van der Waals surface area contributed by atoms with Crippen LogP contribution in [-0.2, 0) is 17.5 Å². The molecule has 0 saturated carbocycles. The van der Waals surface area contributed by atoms with E-state index in [1.54, 1.807) is 11.8 Å². The number of guanidine groups is 1. The molecule has 0 aliphatic carbocycles. The van der Waals surface area contributed by atoms with Gasteiger partial charge in [-0.05, 0) is 19.8 Å². The van der Waals surface area contributed by atoms with Gasteiger partial charge in [-0.1, -0.05) is 0 Å². The highest BCUT2D eigenvalue weighted by Gasteiger charge is 2.33. The van der Waals surface area contributed by atoms with Gasteiger partial charge in [0.05, 0.1) is 13.2 Å². The van der Waals surface area contributed by atoms with Crippen LogP contribution in [0.3, 0.4) is 0 Å². The molecule has 0 atom stereocenters. The smallest absolute Gasteiger partial charge is 0.434 e. The summed E-state index contributed by atoms with van der Waals surface area (Å²) in [5, 5.41) is 4.22. The Kier molecular flexibility index (Phi) is 6.45. The molecule has 1 aromatic heterocycles. The molecule has 25 heavy (non-hydrogen) atoms. The van der Waals surface area contributed by atoms with E-state index in [1.165, 1.54) is 0 Å². The first kappa shape index (κ1) is 19.3. The molecule has 1 saturated heterocycles. The largest absolute Gasteiger partial charge is 0.450 e. The molecule has 7 nitrogen and oxygen atoms in total. The molecule has 140 valence electrons. The third-order valence-corrected chi connectivity index (χ3v) is 4.43. The highest BCUT2D eigenvalue weighted by Crippen LogP contribution is 2.30. The van der Waals surface area contributed by atoms with Crippen molar-refractivity contribution < 1.29 is 22.7 Å². The monoisotopic (exact) mass is 379 g/mol. The lowest BCUT2D eigenvalue weighted by Gasteiger charge is -2.31. The summed E-state index contributed by atoms with van der Waals surface area (Å²) in [4.78, 5) is 20.8. The number of thiazole rings is 1. The summed E-state index contributed by atoms with van der Waals surface area (Å²) in [6.45, 7) is 3.17. The zero-order chi connectivity index (χ0) is 18.4. The van der Waals surface area contributed by atoms with Crippen molar-refractivity contribution >= 4 is 23.4 Å². The first-order valence-electron chi connectivity index (χ1n) is 7.79. The minimum Gasteiger partial charge on any atom is -0.450 e. The fourth-order valence-electron chi connectivity index (χ4n) is 2.34. The van der Waals surface area contributed by atoms with Gasteiger partial charge in [0.25, 0.3) is 0 Å². The number of nitrogens with two attached hydrogens (primary N) is 1. The van der Waals surface area contributed by atoms with Gasteiger partial charge < -0.3 is 20.7 Å². The lowest BCUT2D eigenvalue weighted by atomic mass is 10.1.